The number of carbonyl (C=O) groups is 1. The molecule has 0 radical (unpaired) electrons. The van der Waals surface area contributed by atoms with Gasteiger partial charge < -0.3 is 9.47 Å². The number of methoxy groups -OCH3 is 1. The maximum absolute atomic E-state index is 11.7. The van der Waals surface area contributed by atoms with E-state index in [1.165, 1.54) is 6.21 Å². The Bertz CT molecular complexity index is 762. The Kier molecular flexibility index (Phi) is 6.77. The number of nitrogens with zero attached hydrogens (tertiary/aromatic N) is 1. The lowest BCUT2D eigenvalue weighted by atomic mass is 10.1. The molecule has 0 fully saturated rings. The number of hydrogen-bond donors (Lipinski definition) is 1. The van der Waals surface area contributed by atoms with Crippen LogP contribution in [-0.2, 0) is 4.79 Å². The second kappa shape index (κ2) is 9.27. The summed E-state index contributed by atoms with van der Waals surface area (Å²) in [7, 11) is 1.62. The van der Waals surface area contributed by atoms with Crippen LogP contribution in [-0.4, -0.2) is 25.8 Å². The van der Waals surface area contributed by atoms with Crippen molar-refractivity contribution in [1.29, 1.82) is 0 Å². The zero-order valence-corrected chi connectivity index (χ0v) is 14.7. The molecule has 0 aliphatic heterocycles. The lowest BCUT2D eigenvalue weighted by Crippen LogP contribution is -2.24. The summed E-state index contributed by atoms with van der Waals surface area (Å²) in [6.45, 7) is 3.88. The molecule has 5 nitrogen and oxygen atoms in total. The predicted octanol–water partition coefficient (Wildman–Crippen LogP) is 3.51. The highest BCUT2D eigenvalue weighted by molar-refractivity contribution is 5.82. The molecule has 0 saturated heterocycles. The number of amides is 1. The predicted molar refractivity (Wildman–Crippen MR) is 100 cm³/mol. The van der Waals surface area contributed by atoms with E-state index in [-0.39, 0.29) is 12.5 Å². The second-order valence-corrected chi connectivity index (χ2v) is 5.53. The first-order valence-corrected chi connectivity index (χ1v) is 7.91. The minimum absolute atomic E-state index is 0.0868. The number of rotatable bonds is 7. The minimum atomic E-state index is -0.318. The Balaban J connectivity index is 1.79. The van der Waals surface area contributed by atoms with Crippen LogP contribution in [0.25, 0.3) is 6.08 Å². The molecule has 5 heteroatoms. The van der Waals surface area contributed by atoms with Crippen LogP contribution >= 0.6 is 0 Å². The van der Waals surface area contributed by atoms with E-state index in [2.05, 4.69) is 10.5 Å². The van der Waals surface area contributed by atoms with Crippen molar-refractivity contribution in [3.63, 3.8) is 0 Å². The monoisotopic (exact) mass is 338 g/mol. The molecule has 0 spiro atoms. The Hall–Kier alpha value is -3.08. The number of hydrazone groups is 1. The molecular formula is C20H22N2O3. The SMILES string of the molecule is COc1ccccc1/C=C/C=N\NC(=O)COc1cc(C)cc(C)c1. The van der Waals surface area contributed by atoms with Gasteiger partial charge in [-0.2, -0.15) is 5.10 Å². The fraction of sp³-hybridized carbons (Fsp3) is 0.200. The number of carbonyl (C=O) groups excluding carboxylic acids is 1. The molecule has 0 unspecified atom stereocenters. The van der Waals surface area contributed by atoms with Gasteiger partial charge in [0.2, 0.25) is 0 Å². The van der Waals surface area contributed by atoms with Crippen LogP contribution in [0.1, 0.15) is 16.7 Å². The summed E-state index contributed by atoms with van der Waals surface area (Å²) in [5.74, 6) is 1.13. The Morgan fingerprint density at radius 1 is 1.16 bits per heavy atom. The van der Waals surface area contributed by atoms with E-state index in [1.54, 1.807) is 13.2 Å². The summed E-state index contributed by atoms with van der Waals surface area (Å²) in [6, 6.07) is 13.5. The second-order valence-electron chi connectivity index (χ2n) is 5.53. The smallest absolute Gasteiger partial charge is 0.277 e. The van der Waals surface area contributed by atoms with E-state index in [0.29, 0.717) is 5.75 Å². The van der Waals surface area contributed by atoms with E-state index in [1.807, 2.05) is 62.4 Å². The summed E-state index contributed by atoms with van der Waals surface area (Å²) in [5, 5.41) is 3.86. The van der Waals surface area contributed by atoms with Crippen molar-refractivity contribution < 1.29 is 14.3 Å². The Morgan fingerprint density at radius 3 is 2.60 bits per heavy atom. The van der Waals surface area contributed by atoms with Crippen LogP contribution in [0.2, 0.25) is 0 Å². The van der Waals surface area contributed by atoms with Crippen molar-refractivity contribution >= 4 is 18.2 Å². The van der Waals surface area contributed by atoms with Crippen LogP contribution < -0.4 is 14.9 Å². The first-order chi connectivity index (χ1) is 12.1. The average molecular weight is 338 g/mol. The Morgan fingerprint density at radius 2 is 1.88 bits per heavy atom. The number of para-hydroxylation sites is 1. The van der Waals surface area contributed by atoms with Gasteiger partial charge in [-0.05, 0) is 55.3 Å². The van der Waals surface area contributed by atoms with Gasteiger partial charge in [0, 0.05) is 11.8 Å². The molecule has 1 N–H and O–H groups in total. The third-order valence-electron chi connectivity index (χ3n) is 3.33. The Labute approximate surface area is 148 Å². The van der Waals surface area contributed by atoms with E-state index in [0.717, 1.165) is 22.4 Å². The zero-order valence-electron chi connectivity index (χ0n) is 14.7. The molecule has 0 saturated carbocycles. The number of hydrogen-bond acceptors (Lipinski definition) is 4. The molecule has 0 atom stereocenters. The maximum Gasteiger partial charge on any atom is 0.277 e. The molecule has 0 heterocycles. The molecular weight excluding hydrogens is 316 g/mol. The lowest BCUT2D eigenvalue weighted by molar-refractivity contribution is -0.123. The molecule has 0 aromatic heterocycles. The normalized spacial score (nSPS) is 11.0. The summed E-state index contributed by atoms with van der Waals surface area (Å²) in [6.07, 6.45) is 5.07. The van der Waals surface area contributed by atoms with Crippen molar-refractivity contribution in [2.75, 3.05) is 13.7 Å². The summed E-state index contributed by atoms with van der Waals surface area (Å²) >= 11 is 0. The molecule has 130 valence electrons. The number of benzene rings is 2. The highest BCUT2D eigenvalue weighted by Crippen LogP contribution is 2.18. The summed E-state index contributed by atoms with van der Waals surface area (Å²) in [5.41, 5.74) is 5.54. The van der Waals surface area contributed by atoms with Crippen LogP contribution in [0, 0.1) is 13.8 Å². The van der Waals surface area contributed by atoms with Crippen molar-refractivity contribution in [1.82, 2.24) is 5.43 Å². The molecule has 0 bridgehead atoms. The van der Waals surface area contributed by atoms with Gasteiger partial charge in [-0.25, -0.2) is 5.43 Å². The lowest BCUT2D eigenvalue weighted by Gasteiger charge is -2.07. The summed E-state index contributed by atoms with van der Waals surface area (Å²) < 4.78 is 10.7. The van der Waals surface area contributed by atoms with Gasteiger partial charge in [0.25, 0.3) is 5.91 Å². The van der Waals surface area contributed by atoms with Crippen molar-refractivity contribution in [3.8, 4) is 11.5 Å². The van der Waals surface area contributed by atoms with Gasteiger partial charge in [-0.3, -0.25) is 4.79 Å². The molecule has 25 heavy (non-hydrogen) atoms. The third-order valence-corrected chi connectivity index (χ3v) is 3.33. The topological polar surface area (TPSA) is 59.9 Å². The maximum atomic E-state index is 11.7. The van der Waals surface area contributed by atoms with E-state index < -0.39 is 0 Å². The van der Waals surface area contributed by atoms with Gasteiger partial charge in [0.1, 0.15) is 11.5 Å². The molecule has 1 amide bonds. The standard InChI is InChI=1S/C20H22N2O3/c1-15-11-16(2)13-18(12-15)25-14-20(23)22-21-10-6-8-17-7-4-5-9-19(17)24-3/h4-13H,14H2,1-3H3,(H,22,23)/b8-6+,21-10-. The number of aryl methyl sites for hydroxylation is 2. The largest absolute Gasteiger partial charge is 0.496 e. The van der Waals surface area contributed by atoms with Crippen molar-refractivity contribution in [3.05, 3.63) is 65.2 Å². The number of nitrogens with one attached hydrogen (secondary N) is 1. The van der Waals surface area contributed by atoms with Crippen molar-refractivity contribution in [2.24, 2.45) is 5.10 Å². The van der Waals surface area contributed by atoms with Crippen LogP contribution in [0.15, 0.2) is 53.6 Å². The molecule has 2 aromatic rings. The van der Waals surface area contributed by atoms with Crippen LogP contribution in [0.4, 0.5) is 0 Å². The van der Waals surface area contributed by atoms with Gasteiger partial charge in [0.15, 0.2) is 6.61 Å². The van der Waals surface area contributed by atoms with Crippen LogP contribution in [0.5, 0.6) is 11.5 Å². The minimum Gasteiger partial charge on any atom is -0.496 e. The van der Waals surface area contributed by atoms with Gasteiger partial charge in [0.05, 0.1) is 7.11 Å². The van der Waals surface area contributed by atoms with E-state index in [9.17, 15) is 4.79 Å². The fourth-order valence-electron chi connectivity index (χ4n) is 2.30. The van der Waals surface area contributed by atoms with Crippen molar-refractivity contribution in [2.45, 2.75) is 13.8 Å². The van der Waals surface area contributed by atoms with Gasteiger partial charge in [-0.1, -0.05) is 24.3 Å². The molecule has 2 rings (SSSR count). The fourth-order valence-corrected chi connectivity index (χ4v) is 2.30. The average Bonchev–Trinajstić information content (AvgIpc) is 2.59. The number of allylic oxidation sites excluding steroid dienone is 1. The first-order valence-electron chi connectivity index (χ1n) is 7.91. The molecule has 0 aliphatic carbocycles. The van der Waals surface area contributed by atoms with Gasteiger partial charge >= 0.3 is 0 Å². The highest BCUT2D eigenvalue weighted by atomic mass is 16.5. The highest BCUT2D eigenvalue weighted by Gasteiger charge is 2.02. The molecule has 2 aromatic carbocycles. The summed E-state index contributed by atoms with van der Waals surface area (Å²) in [4.78, 5) is 11.7. The zero-order chi connectivity index (χ0) is 18.1. The van der Waals surface area contributed by atoms with Gasteiger partial charge in [-0.15, -0.1) is 0 Å². The number of ether oxygens (including phenoxy) is 2. The van der Waals surface area contributed by atoms with E-state index >= 15 is 0 Å². The van der Waals surface area contributed by atoms with E-state index in [4.69, 9.17) is 9.47 Å². The molecule has 0 aliphatic rings. The first kappa shape index (κ1) is 18.3. The quantitative estimate of drug-likeness (QED) is 0.621. The third kappa shape index (κ3) is 6.14. The van der Waals surface area contributed by atoms with Crippen LogP contribution in [0.3, 0.4) is 0 Å².